The fourth-order valence-corrected chi connectivity index (χ4v) is 0.688. The van der Waals surface area contributed by atoms with E-state index >= 15 is 0 Å². The summed E-state index contributed by atoms with van der Waals surface area (Å²) in [6.45, 7) is 1.06. The lowest BCUT2D eigenvalue weighted by Gasteiger charge is -2.06. The van der Waals surface area contributed by atoms with Crippen molar-refractivity contribution in [3.05, 3.63) is 0 Å². The number of hydrogen-bond acceptors (Lipinski definition) is 3. The van der Waals surface area contributed by atoms with Crippen molar-refractivity contribution in [2.24, 2.45) is 0 Å². The molecule has 0 amide bonds. The normalized spacial score (nSPS) is 8.90. The van der Waals surface area contributed by atoms with Gasteiger partial charge < -0.3 is 10.0 Å². The lowest BCUT2D eigenvalue weighted by Crippen LogP contribution is -2.12. The third-order valence-electron chi connectivity index (χ3n) is 1.32. The van der Waals surface area contributed by atoms with Crippen molar-refractivity contribution in [1.82, 2.24) is 4.90 Å². The molecule has 0 aliphatic rings. The minimum atomic E-state index is 0.260. The number of unbranched alkanes of at least 4 members (excludes halogenated alkanes) is 2. The lowest BCUT2D eigenvalue weighted by molar-refractivity contribution is 0.280. The van der Waals surface area contributed by atoms with E-state index in [-0.39, 0.29) is 6.61 Å². The molecule has 0 atom stereocenters. The van der Waals surface area contributed by atoms with E-state index in [0.717, 1.165) is 25.8 Å². The fraction of sp³-hybridized carbons (Fsp3) is 0.857. The van der Waals surface area contributed by atoms with Gasteiger partial charge in [-0.25, -0.2) is 0 Å². The highest BCUT2D eigenvalue weighted by Gasteiger charge is 1.91. The van der Waals surface area contributed by atoms with Crippen molar-refractivity contribution in [1.29, 1.82) is 5.26 Å². The number of aliphatic hydroxyl groups excluding tert-OH is 1. The van der Waals surface area contributed by atoms with Gasteiger partial charge in [0.25, 0.3) is 0 Å². The molecular formula is C7H14N2O. The number of rotatable bonds is 5. The van der Waals surface area contributed by atoms with Crippen molar-refractivity contribution in [3.63, 3.8) is 0 Å². The summed E-state index contributed by atoms with van der Waals surface area (Å²) in [6.07, 6.45) is 4.85. The summed E-state index contributed by atoms with van der Waals surface area (Å²) in [5.41, 5.74) is 0. The molecule has 0 saturated heterocycles. The van der Waals surface area contributed by atoms with E-state index in [1.165, 1.54) is 0 Å². The summed E-state index contributed by atoms with van der Waals surface area (Å²) in [4.78, 5) is 1.59. The molecule has 58 valence electrons. The maximum atomic E-state index is 8.41. The summed E-state index contributed by atoms with van der Waals surface area (Å²) in [7, 11) is 1.76. The molecule has 0 aromatic heterocycles. The Morgan fingerprint density at radius 3 is 2.60 bits per heavy atom. The molecule has 1 N–H and O–H groups in total. The van der Waals surface area contributed by atoms with Gasteiger partial charge in [0.05, 0.1) is 0 Å². The maximum absolute atomic E-state index is 8.41. The van der Waals surface area contributed by atoms with Crippen LogP contribution < -0.4 is 0 Å². The molecule has 0 saturated carbocycles. The van der Waals surface area contributed by atoms with E-state index in [2.05, 4.69) is 0 Å². The van der Waals surface area contributed by atoms with Gasteiger partial charge in [-0.15, -0.1) is 0 Å². The average molecular weight is 142 g/mol. The summed E-state index contributed by atoms with van der Waals surface area (Å²) in [6, 6.07) is 0. The zero-order valence-corrected chi connectivity index (χ0v) is 6.38. The highest BCUT2D eigenvalue weighted by Crippen LogP contribution is 1.94. The number of nitrogens with zero attached hydrogens (tertiary/aromatic N) is 2. The lowest BCUT2D eigenvalue weighted by atomic mass is 10.2. The van der Waals surface area contributed by atoms with Crippen LogP contribution >= 0.6 is 0 Å². The smallest absolute Gasteiger partial charge is 0.179 e. The van der Waals surface area contributed by atoms with Gasteiger partial charge >= 0.3 is 0 Å². The Bertz CT molecular complexity index is 109. The summed E-state index contributed by atoms with van der Waals surface area (Å²) < 4.78 is 0. The third kappa shape index (κ3) is 5.39. The van der Waals surface area contributed by atoms with Crippen LogP contribution in [0.15, 0.2) is 0 Å². The van der Waals surface area contributed by atoms with Gasteiger partial charge in [0.15, 0.2) is 6.19 Å². The van der Waals surface area contributed by atoms with Crippen LogP contribution in [0.1, 0.15) is 19.3 Å². The van der Waals surface area contributed by atoms with Crippen molar-refractivity contribution in [2.45, 2.75) is 19.3 Å². The molecule has 0 aliphatic heterocycles. The van der Waals surface area contributed by atoms with Crippen LogP contribution in [0.4, 0.5) is 0 Å². The number of nitriles is 1. The second-order valence-corrected chi connectivity index (χ2v) is 2.31. The molecule has 0 fully saturated rings. The molecule has 0 rings (SSSR count). The van der Waals surface area contributed by atoms with E-state index in [0.29, 0.717) is 0 Å². The van der Waals surface area contributed by atoms with Gasteiger partial charge in [0.1, 0.15) is 0 Å². The quantitative estimate of drug-likeness (QED) is 0.346. The third-order valence-corrected chi connectivity index (χ3v) is 1.32. The van der Waals surface area contributed by atoms with Gasteiger partial charge in [-0.3, -0.25) is 0 Å². The van der Waals surface area contributed by atoms with Crippen LogP contribution in [-0.2, 0) is 0 Å². The Morgan fingerprint density at radius 2 is 2.10 bits per heavy atom. The van der Waals surface area contributed by atoms with Crippen LogP contribution in [0.25, 0.3) is 0 Å². The SMILES string of the molecule is CN(C#N)CCCCCO. The zero-order chi connectivity index (χ0) is 7.82. The molecule has 0 aromatic rings. The first kappa shape index (κ1) is 9.25. The van der Waals surface area contributed by atoms with Crippen LogP contribution in [0.5, 0.6) is 0 Å². The van der Waals surface area contributed by atoms with Crippen molar-refractivity contribution >= 4 is 0 Å². The van der Waals surface area contributed by atoms with Crippen LogP contribution in [-0.4, -0.2) is 30.2 Å². The van der Waals surface area contributed by atoms with Crippen LogP contribution in [0, 0.1) is 11.5 Å². The number of hydrogen-bond donors (Lipinski definition) is 1. The molecule has 0 aliphatic carbocycles. The predicted molar refractivity (Wildman–Crippen MR) is 39.2 cm³/mol. The Kier molecular flexibility index (Phi) is 5.89. The van der Waals surface area contributed by atoms with Crippen molar-refractivity contribution in [2.75, 3.05) is 20.2 Å². The van der Waals surface area contributed by atoms with E-state index in [1.54, 1.807) is 11.9 Å². The molecule has 0 bridgehead atoms. The first-order chi connectivity index (χ1) is 4.81. The van der Waals surface area contributed by atoms with E-state index in [4.69, 9.17) is 10.4 Å². The molecule has 0 heterocycles. The fourth-order valence-electron chi connectivity index (χ4n) is 0.688. The second-order valence-electron chi connectivity index (χ2n) is 2.31. The maximum Gasteiger partial charge on any atom is 0.179 e. The van der Waals surface area contributed by atoms with Gasteiger partial charge in [0.2, 0.25) is 0 Å². The van der Waals surface area contributed by atoms with Crippen LogP contribution in [0.2, 0.25) is 0 Å². The van der Waals surface area contributed by atoms with E-state index < -0.39 is 0 Å². The number of aliphatic hydroxyl groups is 1. The van der Waals surface area contributed by atoms with E-state index in [1.807, 2.05) is 6.19 Å². The molecule has 0 aromatic carbocycles. The molecular weight excluding hydrogens is 128 g/mol. The van der Waals surface area contributed by atoms with Crippen molar-refractivity contribution in [3.8, 4) is 6.19 Å². The summed E-state index contributed by atoms with van der Waals surface area (Å²) in [5.74, 6) is 0. The highest BCUT2D eigenvalue weighted by atomic mass is 16.2. The predicted octanol–water partition coefficient (Wildman–Crippen LogP) is 0.562. The van der Waals surface area contributed by atoms with Gasteiger partial charge in [0, 0.05) is 20.2 Å². The largest absolute Gasteiger partial charge is 0.396 e. The second kappa shape index (κ2) is 6.37. The standard InChI is InChI=1S/C7H14N2O/c1-9(7-8)5-3-2-4-6-10/h10H,2-6H2,1H3. The molecule has 0 radical (unpaired) electrons. The Hall–Kier alpha value is -0.750. The van der Waals surface area contributed by atoms with Crippen LogP contribution in [0.3, 0.4) is 0 Å². The summed E-state index contributed by atoms with van der Waals surface area (Å²) >= 11 is 0. The summed E-state index contributed by atoms with van der Waals surface area (Å²) in [5, 5.41) is 16.7. The minimum Gasteiger partial charge on any atom is -0.396 e. The Balaban J connectivity index is 2.98. The zero-order valence-electron chi connectivity index (χ0n) is 6.38. The Labute approximate surface area is 61.9 Å². The van der Waals surface area contributed by atoms with Crippen molar-refractivity contribution < 1.29 is 5.11 Å². The molecule has 0 spiro atoms. The molecule has 0 unspecified atom stereocenters. The monoisotopic (exact) mass is 142 g/mol. The topological polar surface area (TPSA) is 47.3 Å². The van der Waals surface area contributed by atoms with Gasteiger partial charge in [-0.1, -0.05) is 0 Å². The average Bonchev–Trinajstić information content (AvgIpc) is 1.98. The van der Waals surface area contributed by atoms with E-state index in [9.17, 15) is 0 Å². The molecule has 10 heavy (non-hydrogen) atoms. The first-order valence-corrected chi connectivity index (χ1v) is 3.53. The minimum absolute atomic E-state index is 0.260. The molecule has 3 heteroatoms. The molecule has 3 nitrogen and oxygen atoms in total. The Morgan fingerprint density at radius 1 is 1.40 bits per heavy atom. The van der Waals surface area contributed by atoms with Gasteiger partial charge in [-0.05, 0) is 19.3 Å². The first-order valence-electron chi connectivity index (χ1n) is 3.53. The highest BCUT2D eigenvalue weighted by molar-refractivity contribution is 4.67. The van der Waals surface area contributed by atoms with Gasteiger partial charge in [-0.2, -0.15) is 5.26 Å².